The molecule has 0 radical (unpaired) electrons. The molecule has 0 atom stereocenters. The normalized spacial score (nSPS) is 22.9. The van der Waals surface area contributed by atoms with E-state index in [0.717, 1.165) is 11.7 Å². The van der Waals surface area contributed by atoms with Crippen LogP contribution in [-0.4, -0.2) is 9.55 Å². The van der Waals surface area contributed by atoms with Crippen molar-refractivity contribution < 1.29 is 0 Å². The second kappa shape index (κ2) is 6.29. The predicted molar refractivity (Wildman–Crippen MR) is 91.7 cm³/mol. The van der Waals surface area contributed by atoms with Crippen LogP contribution in [0.3, 0.4) is 0 Å². The van der Waals surface area contributed by atoms with Gasteiger partial charge in [-0.25, -0.2) is 4.98 Å². The van der Waals surface area contributed by atoms with Gasteiger partial charge in [-0.05, 0) is 66.3 Å². The predicted octanol–water partition coefficient (Wildman–Crippen LogP) is 5.30. The highest BCUT2D eigenvalue weighted by atomic mass is 127. The summed E-state index contributed by atoms with van der Waals surface area (Å²) < 4.78 is 3.67. The molecule has 106 valence electrons. The molecular weight excluding hydrogens is 359 g/mol. The van der Waals surface area contributed by atoms with Crippen molar-refractivity contribution in [3.63, 3.8) is 0 Å². The third-order valence-corrected chi connectivity index (χ3v) is 5.21. The Morgan fingerprint density at radius 2 is 2.05 bits per heavy atom. The highest BCUT2D eigenvalue weighted by molar-refractivity contribution is 14.1. The molecule has 3 rings (SSSR count). The van der Waals surface area contributed by atoms with Gasteiger partial charge in [-0.1, -0.05) is 25.5 Å². The minimum absolute atomic E-state index is 0.633. The Balaban J connectivity index is 1.84. The number of hydrogen-bond donors (Lipinski definition) is 0. The van der Waals surface area contributed by atoms with Gasteiger partial charge in [0.15, 0.2) is 0 Å². The molecule has 0 amide bonds. The van der Waals surface area contributed by atoms with E-state index in [2.05, 4.69) is 69.5 Å². The van der Waals surface area contributed by atoms with Crippen LogP contribution in [-0.2, 0) is 0 Å². The number of nitrogens with zero attached hydrogens (tertiary/aromatic N) is 2. The molecule has 0 saturated heterocycles. The van der Waals surface area contributed by atoms with Crippen molar-refractivity contribution in [2.45, 2.75) is 45.1 Å². The van der Waals surface area contributed by atoms with Crippen molar-refractivity contribution in [3.05, 3.63) is 40.2 Å². The smallest absolute Gasteiger partial charge is 0.140 e. The average molecular weight is 380 g/mol. The lowest BCUT2D eigenvalue weighted by Gasteiger charge is -2.29. The summed E-state index contributed by atoms with van der Waals surface area (Å²) in [5.74, 6) is 2.07. The lowest BCUT2D eigenvalue weighted by Crippen LogP contribution is -2.18. The van der Waals surface area contributed by atoms with Crippen LogP contribution in [0.2, 0.25) is 0 Å². The molecule has 0 spiro atoms. The topological polar surface area (TPSA) is 17.8 Å². The highest BCUT2D eigenvalue weighted by Crippen LogP contribution is 2.35. The van der Waals surface area contributed by atoms with Gasteiger partial charge in [0.25, 0.3) is 0 Å². The Hall–Kier alpha value is -0.840. The van der Waals surface area contributed by atoms with Gasteiger partial charge < -0.3 is 4.57 Å². The van der Waals surface area contributed by atoms with Crippen molar-refractivity contribution in [1.82, 2.24) is 9.55 Å². The summed E-state index contributed by atoms with van der Waals surface area (Å²) in [7, 11) is 0. The zero-order valence-corrected chi connectivity index (χ0v) is 14.1. The first-order valence-electron chi connectivity index (χ1n) is 7.56. The van der Waals surface area contributed by atoms with Crippen molar-refractivity contribution in [2.75, 3.05) is 0 Å². The summed E-state index contributed by atoms with van der Waals surface area (Å²) in [4.78, 5) is 4.60. The summed E-state index contributed by atoms with van der Waals surface area (Å²) >= 11 is 2.37. The second-order valence-electron chi connectivity index (χ2n) is 5.75. The first-order chi connectivity index (χ1) is 9.78. The summed E-state index contributed by atoms with van der Waals surface area (Å²) in [6.45, 7) is 2.32. The third-order valence-electron chi connectivity index (χ3n) is 4.54. The molecule has 0 bridgehead atoms. The van der Waals surface area contributed by atoms with Crippen LogP contribution in [0.15, 0.2) is 36.7 Å². The van der Waals surface area contributed by atoms with Crippen molar-refractivity contribution in [3.8, 4) is 11.4 Å². The van der Waals surface area contributed by atoms with Crippen LogP contribution in [0.4, 0.5) is 0 Å². The standard InChI is InChI=1S/C17H21IN2/c1-2-13-6-8-16(9-7-13)20-11-10-19-17(20)14-4-3-5-15(18)12-14/h3-5,10-13,16H,2,6-9H2,1H3. The van der Waals surface area contributed by atoms with Crippen LogP contribution >= 0.6 is 22.6 Å². The van der Waals surface area contributed by atoms with E-state index >= 15 is 0 Å². The van der Waals surface area contributed by atoms with Crippen LogP contribution < -0.4 is 0 Å². The van der Waals surface area contributed by atoms with E-state index in [0.29, 0.717) is 6.04 Å². The number of benzene rings is 1. The van der Waals surface area contributed by atoms with Crippen LogP contribution in [0.1, 0.15) is 45.1 Å². The molecule has 0 N–H and O–H groups in total. The molecule has 1 saturated carbocycles. The van der Waals surface area contributed by atoms with Gasteiger partial charge in [0.2, 0.25) is 0 Å². The van der Waals surface area contributed by atoms with Gasteiger partial charge in [0.05, 0.1) is 0 Å². The number of hydrogen-bond acceptors (Lipinski definition) is 1. The molecule has 1 aromatic heterocycles. The number of halogens is 1. The monoisotopic (exact) mass is 380 g/mol. The number of aromatic nitrogens is 2. The zero-order chi connectivity index (χ0) is 13.9. The van der Waals surface area contributed by atoms with Crippen molar-refractivity contribution in [1.29, 1.82) is 0 Å². The van der Waals surface area contributed by atoms with E-state index in [1.165, 1.54) is 41.2 Å². The largest absolute Gasteiger partial charge is 0.328 e. The molecule has 1 aliphatic carbocycles. The molecule has 1 fully saturated rings. The van der Waals surface area contributed by atoms with Gasteiger partial charge in [-0.2, -0.15) is 0 Å². The quantitative estimate of drug-likeness (QED) is 0.661. The summed E-state index contributed by atoms with van der Waals surface area (Å²) in [5, 5.41) is 0. The van der Waals surface area contributed by atoms with E-state index in [1.54, 1.807) is 0 Å². The van der Waals surface area contributed by atoms with Crippen molar-refractivity contribution >= 4 is 22.6 Å². The summed E-state index contributed by atoms with van der Waals surface area (Å²) in [6, 6.07) is 9.26. The molecule has 1 aliphatic rings. The fourth-order valence-electron chi connectivity index (χ4n) is 3.29. The molecule has 0 aliphatic heterocycles. The highest BCUT2D eigenvalue weighted by Gasteiger charge is 2.23. The Kier molecular flexibility index (Phi) is 4.44. The van der Waals surface area contributed by atoms with Gasteiger partial charge >= 0.3 is 0 Å². The Labute approximate surface area is 134 Å². The van der Waals surface area contributed by atoms with Gasteiger partial charge in [0, 0.05) is 27.6 Å². The summed E-state index contributed by atoms with van der Waals surface area (Å²) in [5.41, 5.74) is 1.24. The maximum atomic E-state index is 4.60. The molecule has 0 unspecified atom stereocenters. The fourth-order valence-corrected chi connectivity index (χ4v) is 3.83. The molecule has 1 heterocycles. The minimum Gasteiger partial charge on any atom is -0.328 e. The first-order valence-corrected chi connectivity index (χ1v) is 8.64. The maximum absolute atomic E-state index is 4.60. The van der Waals surface area contributed by atoms with Crippen molar-refractivity contribution in [2.24, 2.45) is 5.92 Å². The molecule has 2 nitrogen and oxygen atoms in total. The van der Waals surface area contributed by atoms with Crippen LogP contribution in [0, 0.1) is 9.49 Å². The number of imidazole rings is 1. The fraction of sp³-hybridized carbons (Fsp3) is 0.471. The minimum atomic E-state index is 0.633. The first kappa shape index (κ1) is 14.1. The molecule has 1 aromatic carbocycles. The van der Waals surface area contributed by atoms with E-state index < -0.39 is 0 Å². The molecule has 2 aromatic rings. The third kappa shape index (κ3) is 2.92. The van der Waals surface area contributed by atoms with Gasteiger partial charge in [-0.15, -0.1) is 0 Å². The lowest BCUT2D eigenvalue weighted by atomic mass is 9.84. The van der Waals surface area contributed by atoms with E-state index in [1.807, 2.05) is 6.20 Å². The van der Waals surface area contributed by atoms with Gasteiger partial charge in [0.1, 0.15) is 5.82 Å². The Morgan fingerprint density at radius 1 is 1.25 bits per heavy atom. The summed E-state index contributed by atoms with van der Waals surface area (Å²) in [6.07, 6.45) is 10.8. The van der Waals surface area contributed by atoms with Gasteiger partial charge in [-0.3, -0.25) is 0 Å². The SMILES string of the molecule is CCC1CCC(n2ccnc2-c2cccc(I)c2)CC1. The molecule has 3 heteroatoms. The van der Waals surface area contributed by atoms with Crippen LogP contribution in [0.5, 0.6) is 0 Å². The molecule has 20 heavy (non-hydrogen) atoms. The molecular formula is C17H21IN2. The van der Waals surface area contributed by atoms with Crippen LogP contribution in [0.25, 0.3) is 11.4 Å². The Morgan fingerprint density at radius 3 is 2.75 bits per heavy atom. The van der Waals surface area contributed by atoms with E-state index in [-0.39, 0.29) is 0 Å². The second-order valence-corrected chi connectivity index (χ2v) is 7.00. The maximum Gasteiger partial charge on any atom is 0.140 e. The van der Waals surface area contributed by atoms with E-state index in [4.69, 9.17) is 0 Å². The van der Waals surface area contributed by atoms with E-state index in [9.17, 15) is 0 Å². The Bertz CT molecular complexity index is 568. The number of rotatable bonds is 3. The lowest BCUT2D eigenvalue weighted by molar-refractivity contribution is 0.271. The average Bonchev–Trinajstić information content (AvgIpc) is 2.97. The zero-order valence-electron chi connectivity index (χ0n) is 11.9.